The summed E-state index contributed by atoms with van der Waals surface area (Å²) in [6.45, 7) is 0.0107. The van der Waals surface area contributed by atoms with Crippen LogP contribution in [-0.2, 0) is 32.3 Å². The van der Waals surface area contributed by atoms with Crippen molar-refractivity contribution < 1.29 is 23.9 Å². The summed E-state index contributed by atoms with van der Waals surface area (Å²) in [6, 6.07) is 13.1. The Morgan fingerprint density at radius 2 is 2.00 bits per heavy atom. The monoisotopic (exact) mass is 429 g/mol. The lowest BCUT2D eigenvalue weighted by molar-refractivity contribution is -0.137. The van der Waals surface area contributed by atoms with Crippen LogP contribution in [0.2, 0.25) is 5.02 Å². The van der Waals surface area contributed by atoms with Gasteiger partial charge in [0.1, 0.15) is 12.6 Å². The number of hydrogen-bond acceptors (Lipinski definition) is 5. The summed E-state index contributed by atoms with van der Waals surface area (Å²) in [7, 11) is 0. The van der Waals surface area contributed by atoms with E-state index >= 15 is 0 Å². The van der Waals surface area contributed by atoms with Gasteiger partial charge in [0, 0.05) is 17.1 Å². The molecule has 30 heavy (non-hydrogen) atoms. The van der Waals surface area contributed by atoms with Crippen LogP contribution in [0.4, 0.5) is 10.5 Å². The molecule has 2 N–H and O–H groups in total. The van der Waals surface area contributed by atoms with E-state index in [0.717, 1.165) is 5.56 Å². The molecule has 8 nitrogen and oxygen atoms in total. The highest BCUT2D eigenvalue weighted by Gasteiger charge is 2.35. The Balaban J connectivity index is 1.84. The highest BCUT2D eigenvalue weighted by atomic mass is 35.5. The van der Waals surface area contributed by atoms with Crippen LogP contribution < -0.4 is 10.6 Å². The molecule has 1 aliphatic rings. The van der Waals surface area contributed by atoms with Gasteiger partial charge in [-0.1, -0.05) is 48.0 Å². The lowest BCUT2D eigenvalue weighted by Gasteiger charge is -2.32. The van der Waals surface area contributed by atoms with E-state index in [2.05, 4.69) is 10.6 Å². The Labute approximate surface area is 178 Å². The van der Waals surface area contributed by atoms with Gasteiger partial charge in [-0.05, 0) is 29.7 Å². The summed E-state index contributed by atoms with van der Waals surface area (Å²) in [5, 5.41) is 5.20. The molecule has 0 spiro atoms. The maximum atomic E-state index is 12.9. The second-order valence-electron chi connectivity index (χ2n) is 6.70. The molecule has 0 saturated carbocycles. The average Bonchev–Trinajstić information content (AvgIpc) is 2.73. The first-order chi connectivity index (χ1) is 14.5. The quantitative estimate of drug-likeness (QED) is 0.520. The Kier molecular flexibility index (Phi) is 7.03. The van der Waals surface area contributed by atoms with Gasteiger partial charge in [-0.2, -0.15) is 0 Å². The molecule has 1 heterocycles. The van der Waals surface area contributed by atoms with Gasteiger partial charge in [0.05, 0.1) is 6.54 Å². The first kappa shape index (κ1) is 21.3. The van der Waals surface area contributed by atoms with Crippen LogP contribution in [0.15, 0.2) is 48.5 Å². The number of nitrogens with zero attached hydrogens (tertiary/aromatic N) is 1. The number of amides is 4. The van der Waals surface area contributed by atoms with E-state index < -0.39 is 18.0 Å². The molecule has 2 aromatic carbocycles. The highest BCUT2D eigenvalue weighted by Crippen LogP contribution is 2.25. The summed E-state index contributed by atoms with van der Waals surface area (Å²) in [5.74, 6) is -0.953. The fourth-order valence-electron chi connectivity index (χ4n) is 3.15. The number of ether oxygens (including phenoxy) is 1. The predicted molar refractivity (Wildman–Crippen MR) is 109 cm³/mol. The molecule has 1 unspecified atom stereocenters. The number of piperidine rings is 1. The first-order valence-electron chi connectivity index (χ1n) is 9.27. The highest BCUT2D eigenvalue weighted by molar-refractivity contribution is 6.30. The normalized spacial score (nSPS) is 15.8. The number of imide groups is 1. The molecule has 3 rings (SSSR count). The van der Waals surface area contributed by atoms with Crippen molar-refractivity contribution in [2.45, 2.75) is 32.0 Å². The first-order valence-corrected chi connectivity index (χ1v) is 9.65. The maximum Gasteiger partial charge on any atom is 0.411 e. The second kappa shape index (κ2) is 9.89. The largest absolute Gasteiger partial charge is 0.445 e. The molecule has 0 aromatic heterocycles. The zero-order valence-electron chi connectivity index (χ0n) is 16.0. The average molecular weight is 430 g/mol. The lowest BCUT2D eigenvalue weighted by Crippen LogP contribution is -2.54. The molecule has 0 radical (unpaired) electrons. The van der Waals surface area contributed by atoms with Crippen LogP contribution in [-0.4, -0.2) is 35.3 Å². The molecule has 9 heteroatoms. The standard InChI is InChI=1S/C21H20ClN3O5/c22-16-7-6-15(17(10-16)23-13-26)11-25(18-8-9-19(27)24-20(18)28)21(29)30-12-14-4-2-1-3-5-14/h1-7,10,13,18H,8-9,11-12H2,(H,23,26)(H,24,27,28). The van der Waals surface area contributed by atoms with Crippen molar-refractivity contribution in [1.29, 1.82) is 0 Å². The van der Waals surface area contributed by atoms with Gasteiger partial charge < -0.3 is 10.1 Å². The molecule has 4 amide bonds. The van der Waals surface area contributed by atoms with Crippen LogP contribution >= 0.6 is 11.6 Å². The van der Waals surface area contributed by atoms with Crippen LogP contribution in [0.1, 0.15) is 24.0 Å². The van der Waals surface area contributed by atoms with Gasteiger partial charge in [-0.25, -0.2) is 4.79 Å². The summed E-state index contributed by atoms with van der Waals surface area (Å²) in [5.41, 5.74) is 1.77. The van der Waals surface area contributed by atoms with Crippen molar-refractivity contribution >= 4 is 41.6 Å². The zero-order valence-corrected chi connectivity index (χ0v) is 16.7. The van der Waals surface area contributed by atoms with E-state index in [0.29, 0.717) is 22.7 Å². The van der Waals surface area contributed by atoms with Crippen LogP contribution in [0.5, 0.6) is 0 Å². The smallest absolute Gasteiger partial charge is 0.411 e. The molecule has 156 valence electrons. The van der Waals surface area contributed by atoms with E-state index in [-0.39, 0.29) is 31.9 Å². The van der Waals surface area contributed by atoms with Gasteiger partial charge in [0.25, 0.3) is 0 Å². The van der Waals surface area contributed by atoms with E-state index in [9.17, 15) is 19.2 Å². The van der Waals surface area contributed by atoms with E-state index in [1.165, 1.54) is 4.90 Å². The molecule has 1 saturated heterocycles. The molecule has 1 aliphatic heterocycles. The number of anilines is 1. The molecule has 1 fully saturated rings. The van der Waals surface area contributed by atoms with Gasteiger partial charge in [-0.3, -0.25) is 24.6 Å². The molecule has 2 aromatic rings. The molecule has 0 bridgehead atoms. The van der Waals surface area contributed by atoms with Crippen molar-refractivity contribution in [3.63, 3.8) is 0 Å². The molecular formula is C21H20ClN3O5. The Hall–Kier alpha value is -3.39. The summed E-state index contributed by atoms with van der Waals surface area (Å²) in [6.07, 6.45) is 0.0770. The van der Waals surface area contributed by atoms with Crippen molar-refractivity contribution in [1.82, 2.24) is 10.2 Å². The Morgan fingerprint density at radius 3 is 2.70 bits per heavy atom. The third-order valence-electron chi connectivity index (χ3n) is 4.65. The van der Waals surface area contributed by atoms with Gasteiger partial charge in [0.15, 0.2) is 0 Å². The number of halogens is 1. The molecule has 0 aliphatic carbocycles. The SMILES string of the molecule is O=CNc1cc(Cl)ccc1CN(C(=O)OCc1ccccc1)C1CCC(=O)NC1=O. The third-order valence-corrected chi connectivity index (χ3v) is 4.89. The predicted octanol–water partition coefficient (Wildman–Crippen LogP) is 2.85. The second-order valence-corrected chi connectivity index (χ2v) is 7.14. The van der Waals surface area contributed by atoms with Crippen molar-refractivity contribution in [2.24, 2.45) is 0 Å². The number of carbonyl (C=O) groups is 4. The van der Waals surface area contributed by atoms with Crippen LogP contribution in [0.3, 0.4) is 0 Å². The van der Waals surface area contributed by atoms with Gasteiger partial charge >= 0.3 is 6.09 Å². The van der Waals surface area contributed by atoms with Crippen molar-refractivity contribution in [3.8, 4) is 0 Å². The minimum Gasteiger partial charge on any atom is -0.445 e. The van der Waals surface area contributed by atoms with E-state index in [4.69, 9.17) is 16.3 Å². The Bertz CT molecular complexity index is 951. The van der Waals surface area contributed by atoms with E-state index in [1.807, 2.05) is 30.3 Å². The number of hydrogen-bond donors (Lipinski definition) is 2. The number of rotatable bonds is 7. The Morgan fingerprint density at radius 1 is 1.23 bits per heavy atom. The summed E-state index contributed by atoms with van der Waals surface area (Å²) >= 11 is 5.99. The molecular weight excluding hydrogens is 410 g/mol. The zero-order chi connectivity index (χ0) is 21.5. The van der Waals surface area contributed by atoms with Gasteiger partial charge in [-0.15, -0.1) is 0 Å². The summed E-state index contributed by atoms with van der Waals surface area (Å²) < 4.78 is 5.42. The topological polar surface area (TPSA) is 105 Å². The van der Waals surface area contributed by atoms with Crippen molar-refractivity contribution in [3.05, 3.63) is 64.7 Å². The van der Waals surface area contributed by atoms with Crippen LogP contribution in [0, 0.1) is 0 Å². The molecule has 1 atom stereocenters. The van der Waals surface area contributed by atoms with Crippen LogP contribution in [0.25, 0.3) is 0 Å². The van der Waals surface area contributed by atoms with Gasteiger partial charge in [0.2, 0.25) is 18.2 Å². The number of nitrogens with one attached hydrogen (secondary N) is 2. The minimum atomic E-state index is -0.884. The third kappa shape index (κ3) is 5.36. The van der Waals surface area contributed by atoms with E-state index in [1.54, 1.807) is 18.2 Å². The number of benzene rings is 2. The fraction of sp³-hybridized carbons (Fsp3) is 0.238. The fourth-order valence-corrected chi connectivity index (χ4v) is 3.32. The minimum absolute atomic E-state index is 0.0206. The summed E-state index contributed by atoms with van der Waals surface area (Å²) in [4.78, 5) is 49.0. The maximum absolute atomic E-state index is 12.9. The van der Waals surface area contributed by atoms with Crippen molar-refractivity contribution in [2.75, 3.05) is 5.32 Å². The number of carbonyl (C=O) groups excluding carboxylic acids is 4. The lowest BCUT2D eigenvalue weighted by atomic mass is 10.0.